The number of rotatable bonds is 2. The van der Waals surface area contributed by atoms with Crippen molar-refractivity contribution in [1.29, 1.82) is 0 Å². The summed E-state index contributed by atoms with van der Waals surface area (Å²) in [4.78, 5) is 15.9. The van der Waals surface area contributed by atoms with Gasteiger partial charge in [0.1, 0.15) is 28.7 Å². The fourth-order valence-electron chi connectivity index (χ4n) is 1.61. The van der Waals surface area contributed by atoms with Crippen LogP contribution in [0.4, 0.5) is 14.6 Å². The molecule has 0 atom stereocenters. The van der Waals surface area contributed by atoms with Crippen LogP contribution in [-0.4, -0.2) is 17.4 Å². The van der Waals surface area contributed by atoms with Gasteiger partial charge in [-0.3, -0.25) is 4.79 Å². The molecule has 0 unspecified atom stereocenters. The molecule has 0 bridgehead atoms. The quantitative estimate of drug-likeness (QED) is 0.829. The summed E-state index contributed by atoms with van der Waals surface area (Å²) in [6.45, 7) is 0.179. The van der Waals surface area contributed by atoms with Crippen LogP contribution in [0.3, 0.4) is 0 Å². The van der Waals surface area contributed by atoms with Crippen LogP contribution in [0.15, 0.2) is 36.4 Å². The summed E-state index contributed by atoms with van der Waals surface area (Å²) >= 11 is 0. The molecule has 1 aromatic carbocycles. The van der Waals surface area contributed by atoms with E-state index in [-0.39, 0.29) is 12.4 Å². The number of carbonyl (C=O) groups excluding carboxylic acids is 1. The third-order valence-corrected chi connectivity index (χ3v) is 2.50. The average Bonchev–Trinajstić information content (AvgIpc) is 2.45. The van der Waals surface area contributed by atoms with Crippen molar-refractivity contribution in [3.8, 4) is 11.8 Å². The molecule has 1 aromatic heterocycles. The number of nitrogens with two attached hydrogens (primary N) is 1. The molecule has 21 heavy (non-hydrogen) atoms. The minimum atomic E-state index is -0.938. The number of pyridine rings is 1. The van der Waals surface area contributed by atoms with E-state index in [0.29, 0.717) is 5.69 Å². The Labute approximate surface area is 120 Å². The molecule has 0 saturated heterocycles. The molecule has 1 amide bonds. The Hall–Kier alpha value is -2.78. The standard InChI is InChI=1S/C15H11F2N3O/c16-11-6-2-7-12(17)14(11)15(21)20-13-8-1-4-10(19-13)5-3-9-18/h1-2,4,6-8H,9,18H2,(H,19,20,21). The lowest BCUT2D eigenvalue weighted by Gasteiger charge is -2.06. The number of nitrogens with zero attached hydrogens (tertiary/aromatic N) is 1. The van der Waals surface area contributed by atoms with E-state index in [1.165, 1.54) is 12.1 Å². The Bertz CT molecular complexity index is 715. The predicted octanol–water partition coefficient (Wildman–Crippen LogP) is 1.92. The lowest BCUT2D eigenvalue weighted by Crippen LogP contribution is -2.16. The number of carbonyl (C=O) groups is 1. The van der Waals surface area contributed by atoms with Gasteiger partial charge in [-0.1, -0.05) is 18.1 Å². The van der Waals surface area contributed by atoms with Crippen molar-refractivity contribution < 1.29 is 13.6 Å². The smallest absolute Gasteiger partial charge is 0.262 e. The highest BCUT2D eigenvalue weighted by atomic mass is 19.1. The van der Waals surface area contributed by atoms with Crippen molar-refractivity contribution in [2.24, 2.45) is 5.73 Å². The maximum absolute atomic E-state index is 13.5. The number of halogens is 2. The molecule has 4 nitrogen and oxygen atoms in total. The third kappa shape index (κ3) is 3.61. The fraction of sp³-hybridized carbons (Fsp3) is 0.0667. The van der Waals surface area contributed by atoms with Gasteiger partial charge in [-0.05, 0) is 30.2 Å². The first-order chi connectivity index (χ1) is 10.1. The van der Waals surface area contributed by atoms with E-state index < -0.39 is 23.1 Å². The highest BCUT2D eigenvalue weighted by Gasteiger charge is 2.17. The van der Waals surface area contributed by atoms with Crippen LogP contribution in [0.1, 0.15) is 16.1 Å². The van der Waals surface area contributed by atoms with E-state index in [1.54, 1.807) is 12.1 Å². The summed E-state index contributed by atoms with van der Waals surface area (Å²) in [5.74, 6) is 2.67. The Morgan fingerprint density at radius 1 is 1.19 bits per heavy atom. The van der Waals surface area contributed by atoms with Crippen molar-refractivity contribution in [2.75, 3.05) is 11.9 Å². The van der Waals surface area contributed by atoms with Gasteiger partial charge in [0.2, 0.25) is 0 Å². The number of hydrogen-bond acceptors (Lipinski definition) is 3. The molecular formula is C15H11F2N3O. The van der Waals surface area contributed by atoms with Gasteiger partial charge in [0, 0.05) is 0 Å². The van der Waals surface area contributed by atoms with Crippen molar-refractivity contribution in [3.63, 3.8) is 0 Å². The molecule has 0 aliphatic heterocycles. The van der Waals surface area contributed by atoms with Crippen molar-refractivity contribution in [3.05, 3.63) is 59.3 Å². The van der Waals surface area contributed by atoms with Gasteiger partial charge in [0.05, 0.1) is 6.54 Å². The highest BCUT2D eigenvalue weighted by Crippen LogP contribution is 2.14. The zero-order valence-corrected chi connectivity index (χ0v) is 10.9. The Morgan fingerprint density at radius 2 is 1.86 bits per heavy atom. The van der Waals surface area contributed by atoms with Gasteiger partial charge < -0.3 is 11.1 Å². The van der Waals surface area contributed by atoms with Crippen molar-refractivity contribution >= 4 is 11.7 Å². The zero-order valence-electron chi connectivity index (χ0n) is 10.9. The van der Waals surface area contributed by atoms with Crippen LogP contribution < -0.4 is 11.1 Å². The number of benzene rings is 1. The van der Waals surface area contributed by atoms with Gasteiger partial charge in [-0.15, -0.1) is 0 Å². The van der Waals surface area contributed by atoms with E-state index in [2.05, 4.69) is 22.1 Å². The van der Waals surface area contributed by atoms with Crippen LogP contribution >= 0.6 is 0 Å². The van der Waals surface area contributed by atoms with Gasteiger partial charge in [0.25, 0.3) is 5.91 Å². The van der Waals surface area contributed by atoms with Crippen LogP contribution in [0.2, 0.25) is 0 Å². The first-order valence-corrected chi connectivity index (χ1v) is 6.03. The molecular weight excluding hydrogens is 276 g/mol. The Kier molecular flexibility index (Phi) is 4.59. The molecule has 0 aliphatic rings. The molecule has 0 fully saturated rings. The largest absolute Gasteiger partial charge is 0.320 e. The van der Waals surface area contributed by atoms with E-state index in [9.17, 15) is 13.6 Å². The minimum Gasteiger partial charge on any atom is -0.320 e. The zero-order chi connectivity index (χ0) is 15.2. The van der Waals surface area contributed by atoms with Crippen molar-refractivity contribution in [2.45, 2.75) is 0 Å². The normalized spacial score (nSPS) is 9.67. The molecule has 0 spiro atoms. The van der Waals surface area contributed by atoms with Crippen LogP contribution in [-0.2, 0) is 0 Å². The molecule has 106 valence electrons. The summed E-state index contributed by atoms with van der Waals surface area (Å²) in [7, 11) is 0. The number of hydrogen-bond donors (Lipinski definition) is 2. The van der Waals surface area contributed by atoms with E-state index in [0.717, 1.165) is 12.1 Å². The number of nitrogens with one attached hydrogen (secondary N) is 1. The summed E-state index contributed by atoms with van der Waals surface area (Å²) in [6, 6.07) is 7.93. The molecule has 2 rings (SSSR count). The van der Waals surface area contributed by atoms with Crippen LogP contribution in [0.25, 0.3) is 0 Å². The number of aromatic nitrogens is 1. The summed E-state index contributed by atoms with van der Waals surface area (Å²) in [5, 5.41) is 2.33. The SMILES string of the molecule is NCC#Cc1cccc(NC(=O)c2c(F)cccc2F)n1. The van der Waals surface area contributed by atoms with E-state index >= 15 is 0 Å². The highest BCUT2D eigenvalue weighted by molar-refractivity contribution is 6.04. The molecule has 0 aliphatic carbocycles. The number of amides is 1. The van der Waals surface area contributed by atoms with Gasteiger partial charge in [0.15, 0.2) is 0 Å². The molecule has 1 heterocycles. The second-order valence-corrected chi connectivity index (χ2v) is 3.96. The summed E-state index contributed by atoms with van der Waals surface area (Å²) in [5.41, 5.74) is 4.99. The molecule has 3 N–H and O–H groups in total. The lowest BCUT2D eigenvalue weighted by atomic mass is 10.2. The second kappa shape index (κ2) is 6.59. The summed E-state index contributed by atoms with van der Waals surface area (Å²) < 4.78 is 27.0. The maximum atomic E-state index is 13.5. The van der Waals surface area contributed by atoms with Crippen molar-refractivity contribution in [1.82, 2.24) is 4.98 Å². The molecule has 2 aromatic rings. The first kappa shape index (κ1) is 14.6. The average molecular weight is 287 g/mol. The predicted molar refractivity (Wildman–Crippen MR) is 74.5 cm³/mol. The van der Waals surface area contributed by atoms with Crippen LogP contribution in [0.5, 0.6) is 0 Å². The topological polar surface area (TPSA) is 68.0 Å². The van der Waals surface area contributed by atoms with Gasteiger partial charge >= 0.3 is 0 Å². The van der Waals surface area contributed by atoms with Gasteiger partial charge in [-0.2, -0.15) is 0 Å². The Balaban J connectivity index is 2.24. The monoisotopic (exact) mass is 287 g/mol. The second-order valence-electron chi connectivity index (χ2n) is 3.96. The van der Waals surface area contributed by atoms with Gasteiger partial charge in [-0.25, -0.2) is 13.8 Å². The van der Waals surface area contributed by atoms with E-state index in [1.807, 2.05) is 0 Å². The summed E-state index contributed by atoms with van der Waals surface area (Å²) in [6.07, 6.45) is 0. The third-order valence-electron chi connectivity index (χ3n) is 2.50. The Morgan fingerprint density at radius 3 is 2.52 bits per heavy atom. The molecule has 0 saturated carbocycles. The first-order valence-electron chi connectivity index (χ1n) is 6.03. The minimum absolute atomic E-state index is 0.145. The lowest BCUT2D eigenvalue weighted by molar-refractivity contribution is 0.101. The van der Waals surface area contributed by atoms with E-state index in [4.69, 9.17) is 5.73 Å². The number of anilines is 1. The fourth-order valence-corrected chi connectivity index (χ4v) is 1.61. The molecule has 0 radical (unpaired) electrons. The maximum Gasteiger partial charge on any atom is 0.262 e. The molecule has 6 heteroatoms. The van der Waals surface area contributed by atoms with Crippen LogP contribution in [0, 0.1) is 23.5 Å².